The molecule has 0 aliphatic carbocycles. The van der Waals surface area contributed by atoms with E-state index in [1.807, 2.05) is 34.9 Å². The Bertz CT molecular complexity index is 843. The smallest absolute Gasteiger partial charge is 0.236 e. The van der Waals surface area contributed by atoms with Gasteiger partial charge in [0.15, 0.2) is 5.65 Å². The summed E-state index contributed by atoms with van der Waals surface area (Å²) in [7, 11) is 0. The van der Waals surface area contributed by atoms with E-state index in [4.69, 9.17) is 0 Å². The van der Waals surface area contributed by atoms with Crippen LogP contribution in [-0.4, -0.2) is 24.3 Å². The van der Waals surface area contributed by atoms with Crippen LogP contribution in [0.2, 0.25) is 0 Å². The fourth-order valence-corrected chi connectivity index (χ4v) is 1.99. The maximum absolute atomic E-state index is 4.46. The number of benzene rings is 1. The van der Waals surface area contributed by atoms with E-state index in [1.165, 1.54) is 6.33 Å². The van der Waals surface area contributed by atoms with E-state index in [-0.39, 0.29) is 0 Å². The summed E-state index contributed by atoms with van der Waals surface area (Å²) in [6.45, 7) is 0. The van der Waals surface area contributed by atoms with Crippen molar-refractivity contribution in [1.29, 1.82) is 0 Å². The van der Waals surface area contributed by atoms with E-state index in [1.54, 1.807) is 6.20 Å². The molecular formula is C12H7N5. The van der Waals surface area contributed by atoms with Gasteiger partial charge in [-0.3, -0.25) is 4.40 Å². The number of rotatable bonds is 0. The van der Waals surface area contributed by atoms with E-state index in [2.05, 4.69) is 19.9 Å². The zero-order chi connectivity index (χ0) is 11.2. The molecule has 80 valence electrons. The molecule has 0 amide bonds. The van der Waals surface area contributed by atoms with Gasteiger partial charge in [0.25, 0.3) is 0 Å². The predicted molar refractivity (Wildman–Crippen MR) is 63.6 cm³/mol. The molecule has 0 spiro atoms. The SMILES string of the molecule is c1ccc2c(c1)nc1nc3ncncc3cn12. The van der Waals surface area contributed by atoms with Gasteiger partial charge in [0.1, 0.15) is 6.33 Å². The van der Waals surface area contributed by atoms with Crippen LogP contribution in [0, 0.1) is 0 Å². The summed E-state index contributed by atoms with van der Waals surface area (Å²) in [4.78, 5) is 17.0. The highest BCUT2D eigenvalue weighted by Crippen LogP contribution is 2.17. The average molecular weight is 221 g/mol. The van der Waals surface area contributed by atoms with Crippen molar-refractivity contribution in [2.45, 2.75) is 0 Å². The number of para-hydroxylation sites is 2. The largest absolute Gasteiger partial charge is 0.283 e. The third-order valence-electron chi connectivity index (χ3n) is 2.77. The topological polar surface area (TPSA) is 56.0 Å². The molecule has 17 heavy (non-hydrogen) atoms. The molecule has 0 fully saturated rings. The molecule has 0 N–H and O–H groups in total. The lowest BCUT2D eigenvalue weighted by Crippen LogP contribution is -1.92. The van der Waals surface area contributed by atoms with Gasteiger partial charge in [-0.05, 0) is 12.1 Å². The van der Waals surface area contributed by atoms with Crippen molar-refractivity contribution >= 4 is 27.8 Å². The van der Waals surface area contributed by atoms with Crippen LogP contribution in [0.15, 0.2) is 43.0 Å². The van der Waals surface area contributed by atoms with Crippen LogP contribution >= 0.6 is 0 Å². The second-order valence-corrected chi connectivity index (χ2v) is 3.81. The molecule has 0 radical (unpaired) electrons. The van der Waals surface area contributed by atoms with Crippen LogP contribution in [-0.2, 0) is 0 Å². The van der Waals surface area contributed by atoms with Crippen molar-refractivity contribution in [3.8, 4) is 0 Å². The molecule has 0 unspecified atom stereocenters. The van der Waals surface area contributed by atoms with Crippen molar-refractivity contribution in [2.24, 2.45) is 0 Å². The molecular weight excluding hydrogens is 214 g/mol. The van der Waals surface area contributed by atoms with Crippen molar-refractivity contribution in [3.63, 3.8) is 0 Å². The van der Waals surface area contributed by atoms with Crippen molar-refractivity contribution in [3.05, 3.63) is 43.0 Å². The minimum atomic E-state index is 0.664. The number of imidazole rings is 1. The number of hydrogen-bond donors (Lipinski definition) is 0. The first-order valence-electron chi connectivity index (χ1n) is 5.25. The molecule has 3 aromatic heterocycles. The highest BCUT2D eigenvalue weighted by atomic mass is 15.1. The molecule has 0 aliphatic rings. The minimum Gasteiger partial charge on any atom is -0.283 e. The minimum absolute atomic E-state index is 0.664. The van der Waals surface area contributed by atoms with Crippen LogP contribution in [0.25, 0.3) is 27.8 Å². The van der Waals surface area contributed by atoms with Crippen LogP contribution in [0.3, 0.4) is 0 Å². The summed E-state index contributed by atoms with van der Waals surface area (Å²) in [6, 6.07) is 7.95. The Hall–Kier alpha value is -2.56. The highest BCUT2D eigenvalue weighted by molar-refractivity contribution is 5.83. The third-order valence-corrected chi connectivity index (χ3v) is 2.77. The number of hydrogen-bond acceptors (Lipinski definition) is 4. The molecule has 0 bridgehead atoms. The number of aromatic nitrogens is 5. The zero-order valence-corrected chi connectivity index (χ0v) is 8.78. The maximum Gasteiger partial charge on any atom is 0.236 e. The van der Waals surface area contributed by atoms with Gasteiger partial charge >= 0.3 is 0 Å². The van der Waals surface area contributed by atoms with E-state index in [0.29, 0.717) is 11.4 Å². The Kier molecular flexibility index (Phi) is 1.50. The summed E-state index contributed by atoms with van der Waals surface area (Å²) in [5, 5.41) is 0.906. The van der Waals surface area contributed by atoms with Gasteiger partial charge in [-0.1, -0.05) is 12.1 Å². The van der Waals surface area contributed by atoms with E-state index < -0.39 is 0 Å². The van der Waals surface area contributed by atoms with Crippen LogP contribution in [0.1, 0.15) is 0 Å². The first-order valence-corrected chi connectivity index (χ1v) is 5.25. The lowest BCUT2D eigenvalue weighted by atomic mass is 10.3. The second kappa shape index (κ2) is 2.98. The number of nitrogens with zero attached hydrogens (tertiary/aromatic N) is 5. The number of fused-ring (bicyclic) bond motifs is 4. The summed E-state index contributed by atoms with van der Waals surface area (Å²) < 4.78 is 1.96. The van der Waals surface area contributed by atoms with Gasteiger partial charge in [0.2, 0.25) is 5.78 Å². The average Bonchev–Trinajstić information content (AvgIpc) is 2.73. The first kappa shape index (κ1) is 8.58. The van der Waals surface area contributed by atoms with Gasteiger partial charge < -0.3 is 0 Å². The molecule has 3 heterocycles. The summed E-state index contributed by atoms with van der Waals surface area (Å²) >= 11 is 0. The van der Waals surface area contributed by atoms with Gasteiger partial charge in [-0.15, -0.1) is 0 Å². The monoisotopic (exact) mass is 221 g/mol. The Morgan fingerprint density at radius 2 is 2.00 bits per heavy atom. The quantitative estimate of drug-likeness (QED) is 0.454. The molecule has 0 saturated heterocycles. The van der Waals surface area contributed by atoms with Crippen molar-refractivity contribution < 1.29 is 0 Å². The highest BCUT2D eigenvalue weighted by Gasteiger charge is 2.06. The Morgan fingerprint density at radius 1 is 1.06 bits per heavy atom. The van der Waals surface area contributed by atoms with Crippen molar-refractivity contribution in [2.75, 3.05) is 0 Å². The molecule has 4 rings (SSSR count). The molecule has 0 atom stereocenters. The normalized spacial score (nSPS) is 11.5. The lowest BCUT2D eigenvalue weighted by Gasteiger charge is -1.97. The van der Waals surface area contributed by atoms with E-state index >= 15 is 0 Å². The molecule has 0 saturated carbocycles. The Labute approximate surface area is 95.8 Å². The summed E-state index contributed by atoms with van der Waals surface area (Å²) in [5.74, 6) is 0.664. The molecule has 4 aromatic rings. The van der Waals surface area contributed by atoms with Gasteiger partial charge in [-0.25, -0.2) is 15.0 Å². The van der Waals surface area contributed by atoms with E-state index in [0.717, 1.165) is 16.4 Å². The molecule has 5 nitrogen and oxygen atoms in total. The van der Waals surface area contributed by atoms with Crippen LogP contribution < -0.4 is 0 Å². The van der Waals surface area contributed by atoms with Crippen molar-refractivity contribution in [1.82, 2.24) is 24.3 Å². The second-order valence-electron chi connectivity index (χ2n) is 3.81. The van der Waals surface area contributed by atoms with Gasteiger partial charge in [0.05, 0.1) is 16.4 Å². The van der Waals surface area contributed by atoms with Crippen LogP contribution in [0.5, 0.6) is 0 Å². The third kappa shape index (κ3) is 1.13. The fraction of sp³-hybridized carbons (Fsp3) is 0. The maximum atomic E-state index is 4.46. The Balaban J connectivity index is 2.28. The predicted octanol–water partition coefficient (Wildman–Crippen LogP) is 1.83. The molecule has 5 heteroatoms. The molecule has 0 aliphatic heterocycles. The summed E-state index contributed by atoms with van der Waals surface area (Å²) in [5.41, 5.74) is 2.65. The van der Waals surface area contributed by atoms with Crippen LogP contribution in [0.4, 0.5) is 0 Å². The first-order chi connectivity index (χ1) is 8.42. The summed E-state index contributed by atoms with van der Waals surface area (Å²) in [6.07, 6.45) is 5.21. The zero-order valence-electron chi connectivity index (χ0n) is 8.78. The van der Waals surface area contributed by atoms with Gasteiger partial charge in [0, 0.05) is 12.4 Å². The molecule has 1 aromatic carbocycles. The fourth-order valence-electron chi connectivity index (χ4n) is 1.99. The Morgan fingerprint density at radius 3 is 3.00 bits per heavy atom. The lowest BCUT2D eigenvalue weighted by molar-refractivity contribution is 1.12. The van der Waals surface area contributed by atoms with Gasteiger partial charge in [-0.2, -0.15) is 4.98 Å². The standard InChI is InChI=1S/C12H7N5/c1-2-4-10-9(3-1)15-12-16-11-8(6-17(10)12)5-13-7-14-11/h1-7H. The van der Waals surface area contributed by atoms with E-state index in [9.17, 15) is 0 Å².